The minimum Gasteiger partial charge on any atom is -0.479 e. The number of hydrogen-bond acceptors (Lipinski definition) is 6. The number of aliphatic carboxylic acids is 2. The van der Waals surface area contributed by atoms with Crippen molar-refractivity contribution < 1.29 is 39.2 Å². The highest BCUT2D eigenvalue weighted by Gasteiger charge is 2.48. The number of rotatable bonds is 7. The molecule has 0 fully saturated rings. The molecular weight excluding hydrogens is 404 g/mol. The largest absolute Gasteiger partial charge is 0.479 e. The fourth-order valence-corrected chi connectivity index (χ4v) is 2.84. The van der Waals surface area contributed by atoms with Crippen molar-refractivity contribution in [3.05, 3.63) is 0 Å². The first-order chi connectivity index (χ1) is 12.8. The van der Waals surface area contributed by atoms with Crippen LogP contribution >= 0.6 is 11.6 Å². The van der Waals surface area contributed by atoms with Gasteiger partial charge < -0.3 is 20.1 Å². The van der Waals surface area contributed by atoms with Crippen molar-refractivity contribution in [2.75, 3.05) is 0 Å². The summed E-state index contributed by atoms with van der Waals surface area (Å²) in [5, 5.41) is 27.1. The zero-order valence-electron chi connectivity index (χ0n) is 19.1. The zero-order chi connectivity index (χ0) is 24.3. The Morgan fingerprint density at radius 2 is 1.00 bits per heavy atom. The Bertz CT molecular complexity index is 533. The Kier molecular flexibility index (Phi) is 14.9. The maximum atomic E-state index is 11.2. The number of hydrogen-bond donors (Lipinski definition) is 3. The molecule has 8 nitrogen and oxygen atoms in total. The quantitative estimate of drug-likeness (QED) is 0.403. The summed E-state index contributed by atoms with van der Waals surface area (Å²) in [5.74, 6) is -3.83. The van der Waals surface area contributed by atoms with Crippen molar-refractivity contribution in [2.45, 2.75) is 80.4 Å². The van der Waals surface area contributed by atoms with Crippen molar-refractivity contribution in [2.24, 2.45) is 23.7 Å². The second-order valence-electron chi connectivity index (χ2n) is 7.91. The Labute approximate surface area is 178 Å². The van der Waals surface area contributed by atoms with Crippen molar-refractivity contribution in [3.8, 4) is 0 Å². The summed E-state index contributed by atoms with van der Waals surface area (Å²) in [6, 6.07) is 0. The van der Waals surface area contributed by atoms with Gasteiger partial charge in [-0.1, -0.05) is 55.4 Å². The summed E-state index contributed by atoms with van der Waals surface area (Å²) in [6.45, 7) is 16.3. The van der Waals surface area contributed by atoms with E-state index < -0.39 is 29.1 Å². The van der Waals surface area contributed by atoms with Gasteiger partial charge in [-0.25, -0.2) is 9.59 Å². The van der Waals surface area contributed by atoms with Gasteiger partial charge in [-0.3, -0.25) is 9.59 Å². The molecule has 0 atom stereocenters. The number of halogens is 1. The first-order valence-corrected chi connectivity index (χ1v) is 9.74. The van der Waals surface area contributed by atoms with Crippen molar-refractivity contribution >= 4 is 34.8 Å². The smallest absolute Gasteiger partial charge is 0.348 e. The van der Waals surface area contributed by atoms with Crippen LogP contribution < -0.4 is 0 Å². The molecule has 0 heterocycles. The molecule has 0 amide bonds. The molecule has 0 aliphatic heterocycles. The van der Waals surface area contributed by atoms with E-state index in [-0.39, 0.29) is 28.9 Å². The molecule has 0 aliphatic carbocycles. The predicted octanol–water partition coefficient (Wildman–Crippen LogP) is 3.57. The Morgan fingerprint density at radius 1 is 0.724 bits per heavy atom. The molecule has 9 heteroatoms. The summed E-state index contributed by atoms with van der Waals surface area (Å²) in [4.78, 5) is 41.9. The summed E-state index contributed by atoms with van der Waals surface area (Å²) in [7, 11) is 0. The third-order valence-corrected chi connectivity index (χ3v) is 4.47. The molecule has 0 radical (unpaired) electrons. The summed E-state index contributed by atoms with van der Waals surface area (Å²) in [5.41, 5.74) is -2.99. The topological polar surface area (TPSA) is 138 Å². The lowest BCUT2D eigenvalue weighted by atomic mass is 9.80. The van der Waals surface area contributed by atoms with E-state index >= 15 is 0 Å². The molecule has 0 aromatic carbocycles. The van der Waals surface area contributed by atoms with Crippen LogP contribution in [0.5, 0.6) is 0 Å². The Hall–Kier alpha value is -1.67. The van der Waals surface area contributed by atoms with E-state index in [0.29, 0.717) is 0 Å². The minimum atomic E-state index is -1.58. The molecule has 0 rings (SSSR count). The molecule has 0 aliphatic rings. The highest BCUT2D eigenvalue weighted by Crippen LogP contribution is 2.31. The molecule has 172 valence electrons. The summed E-state index contributed by atoms with van der Waals surface area (Å²) >= 11 is 4.64. The van der Waals surface area contributed by atoms with Crippen LogP contribution in [0.1, 0.15) is 69.2 Å². The molecule has 0 spiro atoms. The summed E-state index contributed by atoms with van der Waals surface area (Å²) < 4.78 is 4.98. The second kappa shape index (κ2) is 13.5. The van der Waals surface area contributed by atoms with Gasteiger partial charge in [-0.2, -0.15) is 0 Å². The van der Waals surface area contributed by atoms with Crippen molar-refractivity contribution in [1.82, 2.24) is 0 Å². The summed E-state index contributed by atoms with van der Waals surface area (Å²) in [6.07, 6.45) is 0. The van der Waals surface area contributed by atoms with Gasteiger partial charge in [0.2, 0.25) is 10.8 Å². The third kappa shape index (κ3) is 10.1. The molecule has 0 aromatic heterocycles. The maximum absolute atomic E-state index is 11.2. The van der Waals surface area contributed by atoms with Crippen LogP contribution in [0.3, 0.4) is 0 Å². The molecule has 3 N–H and O–H groups in total. The predicted molar refractivity (Wildman–Crippen MR) is 111 cm³/mol. The van der Waals surface area contributed by atoms with Crippen LogP contribution in [0.4, 0.5) is 0 Å². The molecule has 0 aromatic rings. The van der Waals surface area contributed by atoms with Crippen molar-refractivity contribution in [3.63, 3.8) is 0 Å². The molecule has 0 saturated heterocycles. The molecule has 29 heavy (non-hydrogen) atoms. The van der Waals surface area contributed by atoms with Gasteiger partial charge in [0.05, 0.1) is 0 Å². The van der Waals surface area contributed by atoms with Gasteiger partial charge in [-0.05, 0) is 23.4 Å². The van der Waals surface area contributed by atoms with E-state index in [9.17, 15) is 24.3 Å². The lowest BCUT2D eigenvalue weighted by molar-refractivity contribution is -0.190. The normalized spacial score (nSPS) is 11.4. The van der Waals surface area contributed by atoms with E-state index in [1.54, 1.807) is 55.4 Å². The number of carbonyl (C=O) groups excluding carboxylic acids is 2. The van der Waals surface area contributed by atoms with Crippen LogP contribution in [-0.2, 0) is 23.9 Å². The van der Waals surface area contributed by atoms with Crippen LogP contribution in [-0.4, -0.2) is 49.7 Å². The fourth-order valence-electron chi connectivity index (χ4n) is 2.84. The average Bonchev–Trinajstić information content (AvgIpc) is 2.49. The second-order valence-corrected chi connectivity index (χ2v) is 8.44. The number of carbonyl (C=O) groups is 4. The standard InChI is InChI=1S/C10H18O4.C8H16O3.C2H3ClO/c1-6(2)10(7(3)4,9(12)13)14-8(5)11;1-5(2)8(11,6(3)4)7(9)10;1-2(3)4/h6-7H,1-5H3,(H,12,13);5-6,11H,1-4H3,(H,9,10);1H3. The Morgan fingerprint density at radius 3 is 1.03 bits per heavy atom. The molecular formula is C20H37ClO8. The van der Waals surface area contributed by atoms with Gasteiger partial charge >= 0.3 is 17.9 Å². The number of esters is 1. The zero-order valence-corrected chi connectivity index (χ0v) is 19.8. The van der Waals surface area contributed by atoms with Gasteiger partial charge in [-0.15, -0.1) is 0 Å². The average molecular weight is 441 g/mol. The SMILES string of the molecule is CC(=O)Cl.CC(=O)OC(C(=O)O)(C(C)C)C(C)C.CC(C)C(O)(C(=O)O)C(C)C. The van der Waals surface area contributed by atoms with E-state index in [4.69, 9.17) is 14.9 Å². The first-order valence-electron chi connectivity index (χ1n) is 9.36. The van der Waals surface area contributed by atoms with Gasteiger partial charge in [0.1, 0.15) is 0 Å². The Balaban J connectivity index is -0.000000401. The number of carboxylic acid groups (broad SMARTS) is 2. The van der Waals surface area contributed by atoms with Gasteiger partial charge in [0.15, 0.2) is 5.60 Å². The van der Waals surface area contributed by atoms with Gasteiger partial charge in [0, 0.05) is 25.7 Å². The molecule has 0 saturated carbocycles. The number of aliphatic hydroxyl groups is 1. The van der Waals surface area contributed by atoms with Crippen LogP contribution in [0, 0.1) is 23.7 Å². The van der Waals surface area contributed by atoms with E-state index in [1.165, 1.54) is 13.8 Å². The highest BCUT2D eigenvalue weighted by atomic mass is 35.5. The lowest BCUT2D eigenvalue weighted by Crippen LogP contribution is -2.51. The van der Waals surface area contributed by atoms with E-state index in [0.717, 1.165) is 0 Å². The number of carboxylic acids is 2. The highest BCUT2D eigenvalue weighted by molar-refractivity contribution is 6.62. The molecule has 0 unspecified atom stereocenters. The monoisotopic (exact) mass is 440 g/mol. The van der Waals surface area contributed by atoms with E-state index in [1.807, 2.05) is 0 Å². The first kappa shape index (κ1) is 32.0. The van der Waals surface area contributed by atoms with E-state index in [2.05, 4.69) is 11.6 Å². The van der Waals surface area contributed by atoms with Crippen LogP contribution in [0.25, 0.3) is 0 Å². The minimum absolute atomic E-state index is 0.260. The van der Waals surface area contributed by atoms with Crippen LogP contribution in [0.2, 0.25) is 0 Å². The van der Waals surface area contributed by atoms with Crippen LogP contribution in [0.15, 0.2) is 0 Å². The van der Waals surface area contributed by atoms with Gasteiger partial charge in [0.25, 0.3) is 0 Å². The molecule has 0 bridgehead atoms. The number of ether oxygens (including phenoxy) is 1. The maximum Gasteiger partial charge on any atom is 0.348 e. The van der Waals surface area contributed by atoms with Crippen molar-refractivity contribution in [1.29, 1.82) is 0 Å². The fraction of sp³-hybridized carbons (Fsp3) is 0.800. The lowest BCUT2D eigenvalue weighted by Gasteiger charge is -2.35. The third-order valence-electron chi connectivity index (χ3n) is 4.47.